The molecule has 1 fully saturated rings. The van der Waals surface area contributed by atoms with E-state index in [1.165, 1.54) is 0 Å². The standard InChI is InChI=1S/C19H26N4O/c1-19(20)11-7-6-10-17(19)18(24)22(2)13-15-12-21-23(14-15)16-8-4-3-5-9-16/h3-5,8-9,12,14,17H,6-7,10-11,13,20H2,1-2H3. The minimum atomic E-state index is -0.391. The van der Waals surface area contributed by atoms with Crippen molar-refractivity contribution in [2.75, 3.05) is 7.05 Å². The van der Waals surface area contributed by atoms with Gasteiger partial charge in [0.15, 0.2) is 0 Å². The van der Waals surface area contributed by atoms with Crippen LogP contribution in [0.4, 0.5) is 0 Å². The molecule has 1 saturated carbocycles. The highest BCUT2D eigenvalue weighted by Crippen LogP contribution is 2.33. The van der Waals surface area contributed by atoms with E-state index < -0.39 is 5.54 Å². The van der Waals surface area contributed by atoms with Gasteiger partial charge in [0.25, 0.3) is 0 Å². The van der Waals surface area contributed by atoms with Gasteiger partial charge in [0, 0.05) is 30.9 Å². The first-order valence-corrected chi connectivity index (χ1v) is 8.60. The summed E-state index contributed by atoms with van der Waals surface area (Å²) in [5, 5.41) is 4.39. The molecule has 1 amide bonds. The van der Waals surface area contributed by atoms with Crippen molar-refractivity contribution in [2.24, 2.45) is 11.7 Å². The molecular weight excluding hydrogens is 300 g/mol. The minimum Gasteiger partial charge on any atom is -0.341 e. The molecule has 1 aromatic heterocycles. The van der Waals surface area contributed by atoms with Crippen molar-refractivity contribution in [3.8, 4) is 5.69 Å². The van der Waals surface area contributed by atoms with Crippen molar-refractivity contribution in [3.05, 3.63) is 48.3 Å². The van der Waals surface area contributed by atoms with Gasteiger partial charge in [-0.2, -0.15) is 5.10 Å². The molecule has 128 valence electrons. The molecule has 1 aromatic carbocycles. The summed E-state index contributed by atoms with van der Waals surface area (Å²) < 4.78 is 1.83. The Balaban J connectivity index is 1.67. The molecule has 24 heavy (non-hydrogen) atoms. The molecule has 1 aliphatic rings. The third kappa shape index (κ3) is 3.51. The van der Waals surface area contributed by atoms with Crippen molar-refractivity contribution in [1.82, 2.24) is 14.7 Å². The largest absolute Gasteiger partial charge is 0.341 e. The van der Waals surface area contributed by atoms with Crippen molar-refractivity contribution in [2.45, 2.75) is 44.7 Å². The molecule has 0 aliphatic heterocycles. The summed E-state index contributed by atoms with van der Waals surface area (Å²) in [4.78, 5) is 14.6. The Hall–Kier alpha value is -2.14. The molecular formula is C19H26N4O. The van der Waals surface area contributed by atoms with Crippen LogP contribution in [-0.4, -0.2) is 33.2 Å². The zero-order valence-electron chi connectivity index (χ0n) is 14.5. The van der Waals surface area contributed by atoms with Crippen LogP contribution < -0.4 is 5.73 Å². The van der Waals surface area contributed by atoms with E-state index >= 15 is 0 Å². The van der Waals surface area contributed by atoms with E-state index in [1.54, 1.807) is 4.90 Å². The number of nitrogens with zero attached hydrogens (tertiary/aromatic N) is 3. The molecule has 2 unspecified atom stereocenters. The number of hydrogen-bond acceptors (Lipinski definition) is 3. The molecule has 2 N–H and O–H groups in total. The summed E-state index contributed by atoms with van der Waals surface area (Å²) >= 11 is 0. The minimum absolute atomic E-state index is 0.0829. The monoisotopic (exact) mass is 326 g/mol. The zero-order valence-corrected chi connectivity index (χ0v) is 14.5. The van der Waals surface area contributed by atoms with Crippen LogP contribution in [0.1, 0.15) is 38.2 Å². The lowest BCUT2D eigenvalue weighted by atomic mass is 9.74. The lowest BCUT2D eigenvalue weighted by Crippen LogP contribution is -2.52. The Morgan fingerprint density at radius 3 is 2.83 bits per heavy atom. The van der Waals surface area contributed by atoms with E-state index in [4.69, 9.17) is 5.73 Å². The maximum absolute atomic E-state index is 12.8. The topological polar surface area (TPSA) is 64.2 Å². The fourth-order valence-electron chi connectivity index (χ4n) is 3.55. The molecule has 0 spiro atoms. The van der Waals surface area contributed by atoms with Crippen LogP contribution in [0.5, 0.6) is 0 Å². The Bertz CT molecular complexity index is 692. The summed E-state index contributed by atoms with van der Waals surface area (Å²) in [6, 6.07) is 9.96. The number of benzene rings is 1. The Labute approximate surface area is 143 Å². The molecule has 0 saturated heterocycles. The Kier molecular flexibility index (Phi) is 4.71. The van der Waals surface area contributed by atoms with Crippen LogP contribution >= 0.6 is 0 Å². The summed E-state index contributed by atoms with van der Waals surface area (Å²) in [5.74, 6) is 0.0626. The molecule has 3 rings (SSSR count). The first-order chi connectivity index (χ1) is 11.5. The smallest absolute Gasteiger partial charge is 0.227 e. The lowest BCUT2D eigenvalue weighted by Gasteiger charge is -2.39. The van der Waals surface area contributed by atoms with Gasteiger partial charge in [-0.3, -0.25) is 4.79 Å². The number of nitrogens with two attached hydrogens (primary N) is 1. The highest BCUT2D eigenvalue weighted by molar-refractivity contribution is 5.80. The van der Waals surface area contributed by atoms with Crippen LogP contribution in [-0.2, 0) is 11.3 Å². The molecule has 1 aliphatic carbocycles. The molecule has 5 nitrogen and oxygen atoms in total. The van der Waals surface area contributed by atoms with Gasteiger partial charge < -0.3 is 10.6 Å². The molecule has 0 radical (unpaired) electrons. The number of rotatable bonds is 4. The predicted molar refractivity (Wildman–Crippen MR) is 94.6 cm³/mol. The highest BCUT2D eigenvalue weighted by atomic mass is 16.2. The van der Waals surface area contributed by atoms with Crippen LogP contribution in [0.15, 0.2) is 42.7 Å². The molecule has 0 bridgehead atoms. The molecule has 5 heteroatoms. The van der Waals surface area contributed by atoms with Crippen LogP contribution in [0, 0.1) is 5.92 Å². The summed E-state index contributed by atoms with van der Waals surface area (Å²) in [6.07, 6.45) is 7.80. The van der Waals surface area contributed by atoms with E-state index in [0.717, 1.165) is 36.9 Å². The second-order valence-electron chi connectivity index (χ2n) is 7.13. The van der Waals surface area contributed by atoms with Gasteiger partial charge in [-0.1, -0.05) is 31.0 Å². The number of carbonyl (C=O) groups excluding carboxylic acids is 1. The lowest BCUT2D eigenvalue weighted by molar-refractivity contribution is -0.138. The van der Waals surface area contributed by atoms with Gasteiger partial charge in [0.1, 0.15) is 0 Å². The number of hydrogen-bond donors (Lipinski definition) is 1. The van der Waals surface area contributed by atoms with Crippen molar-refractivity contribution >= 4 is 5.91 Å². The predicted octanol–water partition coefficient (Wildman–Crippen LogP) is 2.74. The number of aromatic nitrogens is 2. The fraction of sp³-hybridized carbons (Fsp3) is 0.474. The maximum Gasteiger partial charge on any atom is 0.227 e. The van der Waals surface area contributed by atoms with Crippen molar-refractivity contribution in [1.29, 1.82) is 0 Å². The third-order valence-electron chi connectivity index (χ3n) is 5.01. The van der Waals surface area contributed by atoms with Crippen molar-refractivity contribution in [3.63, 3.8) is 0 Å². The van der Waals surface area contributed by atoms with E-state index in [0.29, 0.717) is 6.54 Å². The van der Waals surface area contributed by atoms with E-state index in [1.807, 2.05) is 61.4 Å². The first kappa shape index (κ1) is 16.7. The first-order valence-electron chi connectivity index (χ1n) is 8.60. The van der Waals surface area contributed by atoms with Gasteiger partial charge in [0.05, 0.1) is 17.8 Å². The maximum atomic E-state index is 12.8. The SMILES string of the molecule is CN(Cc1cnn(-c2ccccc2)c1)C(=O)C1CCCCC1(C)N. The number of carbonyl (C=O) groups is 1. The molecule has 2 atom stereocenters. The Morgan fingerprint density at radius 1 is 1.38 bits per heavy atom. The summed E-state index contributed by atoms with van der Waals surface area (Å²) in [7, 11) is 1.85. The van der Waals surface area contributed by atoms with Gasteiger partial charge in [-0.25, -0.2) is 4.68 Å². The van der Waals surface area contributed by atoms with Crippen LogP contribution in [0.3, 0.4) is 0 Å². The van der Waals surface area contributed by atoms with Gasteiger partial charge in [-0.15, -0.1) is 0 Å². The second kappa shape index (κ2) is 6.77. The molecule has 1 heterocycles. The summed E-state index contributed by atoms with van der Waals surface area (Å²) in [6.45, 7) is 2.56. The van der Waals surface area contributed by atoms with Gasteiger partial charge in [0.2, 0.25) is 5.91 Å². The zero-order chi connectivity index (χ0) is 17.2. The second-order valence-corrected chi connectivity index (χ2v) is 7.13. The fourth-order valence-corrected chi connectivity index (χ4v) is 3.55. The van der Waals surface area contributed by atoms with E-state index in [9.17, 15) is 4.79 Å². The molecule has 2 aromatic rings. The highest BCUT2D eigenvalue weighted by Gasteiger charge is 2.39. The summed E-state index contributed by atoms with van der Waals surface area (Å²) in [5.41, 5.74) is 8.01. The normalized spacial score (nSPS) is 23.9. The number of para-hydroxylation sites is 1. The average molecular weight is 326 g/mol. The van der Waals surface area contributed by atoms with Gasteiger partial charge in [-0.05, 0) is 31.9 Å². The van der Waals surface area contributed by atoms with Crippen molar-refractivity contribution < 1.29 is 4.79 Å². The van der Waals surface area contributed by atoms with E-state index in [-0.39, 0.29) is 11.8 Å². The third-order valence-corrected chi connectivity index (χ3v) is 5.01. The quantitative estimate of drug-likeness (QED) is 0.939. The van der Waals surface area contributed by atoms with Gasteiger partial charge >= 0.3 is 0 Å². The van der Waals surface area contributed by atoms with Crippen LogP contribution in [0.25, 0.3) is 5.69 Å². The van der Waals surface area contributed by atoms with Crippen LogP contribution in [0.2, 0.25) is 0 Å². The van der Waals surface area contributed by atoms with E-state index in [2.05, 4.69) is 5.10 Å². The average Bonchev–Trinajstić information content (AvgIpc) is 3.03. The number of amides is 1. The Morgan fingerprint density at radius 2 is 2.12 bits per heavy atom.